The summed E-state index contributed by atoms with van der Waals surface area (Å²) in [4.78, 5) is 6.66. The number of aliphatic imine (C=N–C) groups is 1. The van der Waals surface area contributed by atoms with Gasteiger partial charge in [-0.3, -0.25) is 4.99 Å². The van der Waals surface area contributed by atoms with Gasteiger partial charge in [0.15, 0.2) is 5.96 Å². The maximum absolute atomic E-state index is 12.7. The third-order valence-corrected chi connectivity index (χ3v) is 4.46. The van der Waals surface area contributed by atoms with E-state index in [2.05, 4.69) is 39.3 Å². The molecule has 1 aromatic carbocycles. The predicted octanol–water partition coefficient (Wildman–Crippen LogP) is 3.71. The number of halogens is 4. The molecule has 1 aromatic rings. The smallest absolute Gasteiger partial charge is 0.354 e. The van der Waals surface area contributed by atoms with Crippen LogP contribution in [0.15, 0.2) is 29.3 Å². The minimum absolute atomic E-state index is 0. The Morgan fingerprint density at radius 1 is 1.29 bits per heavy atom. The fraction of sp³-hybridized carbons (Fsp3) is 0.550. The van der Waals surface area contributed by atoms with Crippen LogP contribution >= 0.6 is 24.0 Å². The molecule has 0 aliphatic carbocycles. The molecule has 0 atom stereocenters. The van der Waals surface area contributed by atoms with E-state index in [1.54, 1.807) is 13.1 Å². The molecule has 28 heavy (non-hydrogen) atoms. The summed E-state index contributed by atoms with van der Waals surface area (Å²) in [7, 11) is 1.70. The Balaban J connectivity index is 0.00000392. The van der Waals surface area contributed by atoms with Gasteiger partial charge in [0.25, 0.3) is 0 Å². The van der Waals surface area contributed by atoms with Gasteiger partial charge < -0.3 is 15.5 Å². The second-order valence-electron chi connectivity index (χ2n) is 6.57. The van der Waals surface area contributed by atoms with Crippen LogP contribution in [0, 0.1) is 11.8 Å². The van der Waals surface area contributed by atoms with Gasteiger partial charge in [-0.25, -0.2) is 0 Å². The van der Waals surface area contributed by atoms with Crippen LogP contribution < -0.4 is 10.6 Å². The second kappa shape index (κ2) is 12.2. The number of guanidine groups is 1. The monoisotopic (exact) mass is 508 g/mol. The van der Waals surface area contributed by atoms with Crippen molar-refractivity contribution in [2.45, 2.75) is 38.4 Å². The third-order valence-electron chi connectivity index (χ3n) is 4.46. The summed E-state index contributed by atoms with van der Waals surface area (Å²) in [5.41, 5.74) is -0.341. The molecule has 0 saturated carbocycles. The van der Waals surface area contributed by atoms with E-state index in [-0.39, 0.29) is 24.0 Å². The van der Waals surface area contributed by atoms with Crippen LogP contribution in [-0.2, 0) is 6.18 Å². The van der Waals surface area contributed by atoms with E-state index in [1.807, 2.05) is 0 Å². The van der Waals surface area contributed by atoms with E-state index >= 15 is 0 Å². The first kappa shape index (κ1) is 24.6. The average molecular weight is 508 g/mol. The fourth-order valence-corrected chi connectivity index (χ4v) is 3.05. The molecule has 0 unspecified atom stereocenters. The molecule has 0 aromatic heterocycles. The lowest BCUT2D eigenvalue weighted by atomic mass is 10.1. The number of nitrogens with zero attached hydrogens (tertiary/aromatic N) is 2. The molecule has 1 heterocycles. The van der Waals surface area contributed by atoms with Crippen LogP contribution in [0.4, 0.5) is 13.2 Å². The van der Waals surface area contributed by atoms with Gasteiger partial charge >= 0.3 is 6.18 Å². The number of alkyl halides is 3. The second-order valence-corrected chi connectivity index (χ2v) is 6.57. The molecule has 8 heteroatoms. The summed E-state index contributed by atoms with van der Waals surface area (Å²) in [5, 5.41) is 6.49. The SMILES string of the molecule is CCCN1CCC(NC(=NC)NCC#Cc2cccc(C(F)(F)F)c2)CC1.I. The van der Waals surface area contributed by atoms with Crippen molar-refractivity contribution in [2.24, 2.45) is 4.99 Å². The highest BCUT2D eigenvalue weighted by Crippen LogP contribution is 2.29. The van der Waals surface area contributed by atoms with Gasteiger partial charge in [0.1, 0.15) is 0 Å². The van der Waals surface area contributed by atoms with Gasteiger partial charge in [0, 0.05) is 31.7 Å². The topological polar surface area (TPSA) is 39.7 Å². The van der Waals surface area contributed by atoms with E-state index < -0.39 is 11.7 Å². The van der Waals surface area contributed by atoms with Crippen LogP contribution in [0.25, 0.3) is 0 Å². The Labute approximate surface area is 182 Å². The van der Waals surface area contributed by atoms with Crippen molar-refractivity contribution in [3.05, 3.63) is 35.4 Å². The quantitative estimate of drug-likeness (QED) is 0.282. The van der Waals surface area contributed by atoms with Crippen molar-refractivity contribution in [3.63, 3.8) is 0 Å². The number of piperidine rings is 1. The Hall–Kier alpha value is -1.47. The summed E-state index contributed by atoms with van der Waals surface area (Å²) >= 11 is 0. The molecule has 156 valence electrons. The molecular formula is C20H28F3IN4. The summed E-state index contributed by atoms with van der Waals surface area (Å²) in [6.07, 6.45) is -1.05. The van der Waals surface area contributed by atoms with Crippen LogP contribution in [0.3, 0.4) is 0 Å². The van der Waals surface area contributed by atoms with Gasteiger partial charge in [0.05, 0.1) is 12.1 Å². The molecule has 4 nitrogen and oxygen atoms in total. The van der Waals surface area contributed by atoms with Crippen LogP contribution in [0.2, 0.25) is 0 Å². The average Bonchev–Trinajstić information content (AvgIpc) is 2.65. The minimum Gasteiger partial charge on any atom is -0.354 e. The zero-order valence-electron chi connectivity index (χ0n) is 16.3. The van der Waals surface area contributed by atoms with E-state index in [0.29, 0.717) is 24.1 Å². The Morgan fingerprint density at radius 3 is 2.61 bits per heavy atom. The van der Waals surface area contributed by atoms with Crippen LogP contribution in [-0.4, -0.2) is 50.1 Å². The molecule has 1 aliphatic heterocycles. The first-order valence-corrected chi connectivity index (χ1v) is 9.28. The first-order valence-electron chi connectivity index (χ1n) is 9.28. The highest BCUT2D eigenvalue weighted by atomic mass is 127. The molecule has 2 N–H and O–H groups in total. The molecule has 0 spiro atoms. The normalized spacial score (nSPS) is 16.0. The standard InChI is InChI=1S/C20H27F3N4.HI/c1-3-12-27-13-9-18(10-14-27)26-19(24-2)25-11-5-7-16-6-4-8-17(15-16)20(21,22)23;/h4,6,8,15,18H,3,9-14H2,1-2H3,(H2,24,25,26);1H. The number of nitrogens with one attached hydrogen (secondary N) is 2. The van der Waals surface area contributed by atoms with Crippen molar-refractivity contribution in [1.82, 2.24) is 15.5 Å². The fourth-order valence-electron chi connectivity index (χ4n) is 3.05. The Bertz CT molecular complexity index is 687. The third kappa shape index (κ3) is 8.27. The van der Waals surface area contributed by atoms with E-state index in [1.165, 1.54) is 12.5 Å². The Kier molecular flexibility index (Phi) is 10.7. The summed E-state index contributed by atoms with van der Waals surface area (Å²) in [5.74, 6) is 6.28. The molecule has 1 aliphatic rings. The maximum atomic E-state index is 12.7. The molecule has 0 radical (unpaired) electrons. The maximum Gasteiger partial charge on any atom is 0.416 e. The highest BCUT2D eigenvalue weighted by molar-refractivity contribution is 14.0. The summed E-state index contributed by atoms with van der Waals surface area (Å²) in [6, 6.07) is 5.41. The number of rotatable bonds is 4. The van der Waals surface area contributed by atoms with E-state index in [9.17, 15) is 13.2 Å². The van der Waals surface area contributed by atoms with E-state index in [0.717, 1.165) is 44.6 Å². The lowest BCUT2D eigenvalue weighted by Crippen LogP contribution is -2.48. The van der Waals surface area contributed by atoms with Gasteiger partial charge in [-0.15, -0.1) is 24.0 Å². The van der Waals surface area contributed by atoms with Crippen molar-refractivity contribution in [2.75, 3.05) is 33.2 Å². The molecule has 1 fully saturated rings. The van der Waals surface area contributed by atoms with Crippen LogP contribution in [0.5, 0.6) is 0 Å². The molecule has 1 saturated heterocycles. The lowest BCUT2D eigenvalue weighted by molar-refractivity contribution is -0.137. The van der Waals surface area contributed by atoms with E-state index in [4.69, 9.17) is 0 Å². The first-order chi connectivity index (χ1) is 12.9. The summed E-state index contributed by atoms with van der Waals surface area (Å²) in [6.45, 7) is 5.81. The lowest BCUT2D eigenvalue weighted by Gasteiger charge is -2.32. The summed E-state index contributed by atoms with van der Waals surface area (Å²) < 4.78 is 38.1. The molecular weight excluding hydrogens is 480 g/mol. The number of benzene rings is 1. The van der Waals surface area contributed by atoms with Crippen molar-refractivity contribution in [1.29, 1.82) is 0 Å². The molecule has 2 rings (SSSR count). The minimum atomic E-state index is -4.35. The zero-order valence-corrected chi connectivity index (χ0v) is 18.6. The van der Waals surface area contributed by atoms with Gasteiger partial charge in [0.2, 0.25) is 0 Å². The number of likely N-dealkylation sites (tertiary alicyclic amines) is 1. The van der Waals surface area contributed by atoms with Crippen molar-refractivity contribution >= 4 is 29.9 Å². The molecule has 0 bridgehead atoms. The number of hydrogen-bond donors (Lipinski definition) is 2. The Morgan fingerprint density at radius 2 is 2.00 bits per heavy atom. The van der Waals surface area contributed by atoms with Gasteiger partial charge in [-0.2, -0.15) is 13.2 Å². The van der Waals surface area contributed by atoms with Crippen molar-refractivity contribution in [3.8, 4) is 11.8 Å². The zero-order chi connectivity index (χ0) is 19.7. The molecule has 0 amide bonds. The van der Waals surface area contributed by atoms with Crippen LogP contribution in [0.1, 0.15) is 37.3 Å². The highest BCUT2D eigenvalue weighted by Gasteiger charge is 2.30. The van der Waals surface area contributed by atoms with Gasteiger partial charge in [-0.05, 0) is 44.0 Å². The largest absolute Gasteiger partial charge is 0.416 e. The number of hydrogen-bond acceptors (Lipinski definition) is 2. The van der Waals surface area contributed by atoms with Gasteiger partial charge in [-0.1, -0.05) is 24.8 Å². The predicted molar refractivity (Wildman–Crippen MR) is 118 cm³/mol. The van der Waals surface area contributed by atoms with Crippen molar-refractivity contribution < 1.29 is 13.2 Å².